The van der Waals surface area contributed by atoms with Crippen LogP contribution in [0.25, 0.3) is 11.5 Å². The predicted molar refractivity (Wildman–Crippen MR) is 86.2 cm³/mol. The largest absolute Gasteiger partial charge is 0.444 e. The van der Waals surface area contributed by atoms with Gasteiger partial charge in [-0.15, -0.1) is 0 Å². The van der Waals surface area contributed by atoms with Gasteiger partial charge in [-0.1, -0.05) is 23.8 Å². The summed E-state index contributed by atoms with van der Waals surface area (Å²) in [7, 11) is 3.90. The number of carbonyl (C=O) groups excluding carboxylic acids is 1. The number of carbonyl (C=O) groups is 1. The molecule has 5 nitrogen and oxygen atoms in total. The molecular weight excluding hydrogens is 278 g/mol. The zero-order valence-electron chi connectivity index (χ0n) is 13.2. The first-order valence-corrected chi connectivity index (χ1v) is 7.15. The van der Waals surface area contributed by atoms with Crippen LogP contribution in [0, 0.1) is 6.92 Å². The number of aryl methyl sites for hydroxylation is 1. The van der Waals surface area contributed by atoms with Crippen molar-refractivity contribution in [2.45, 2.75) is 13.5 Å². The fraction of sp³-hybridized carbons (Fsp3) is 0.294. The number of hydrogen-bond acceptors (Lipinski definition) is 4. The maximum Gasteiger partial charge on any atom is 0.244 e. The minimum absolute atomic E-state index is 0.137. The van der Waals surface area contributed by atoms with Crippen LogP contribution in [0.5, 0.6) is 0 Å². The standard InChI is InChI=1S/C17H21N3O2/c1-13-6-8-14(9-7-13)17-19-15(12-22-17)11-18-16(21)5-4-10-20(2)3/h4-9,12H,10-11H2,1-3H3,(H,18,21)/b5-4+. The Kier molecular flexibility index (Phi) is 5.49. The summed E-state index contributed by atoms with van der Waals surface area (Å²) in [5.41, 5.74) is 2.81. The molecule has 1 aromatic heterocycles. The van der Waals surface area contributed by atoms with Gasteiger partial charge in [0.25, 0.3) is 0 Å². The molecule has 5 heteroatoms. The first-order chi connectivity index (χ1) is 10.5. The molecule has 0 fully saturated rings. The van der Waals surface area contributed by atoms with E-state index >= 15 is 0 Å². The Balaban J connectivity index is 1.88. The zero-order valence-corrected chi connectivity index (χ0v) is 13.2. The Hall–Kier alpha value is -2.40. The molecule has 2 rings (SSSR count). The molecule has 0 aliphatic rings. The molecule has 0 aliphatic heterocycles. The number of benzene rings is 1. The van der Waals surface area contributed by atoms with Gasteiger partial charge in [-0.05, 0) is 33.2 Å². The van der Waals surface area contributed by atoms with E-state index in [1.54, 1.807) is 6.26 Å². The van der Waals surface area contributed by atoms with Crippen molar-refractivity contribution in [3.63, 3.8) is 0 Å². The Morgan fingerprint density at radius 2 is 2.05 bits per heavy atom. The monoisotopic (exact) mass is 299 g/mol. The van der Waals surface area contributed by atoms with E-state index in [2.05, 4.69) is 10.3 Å². The molecule has 116 valence electrons. The first kappa shape index (κ1) is 16.0. The number of aromatic nitrogens is 1. The average Bonchev–Trinajstić information content (AvgIpc) is 2.94. The lowest BCUT2D eigenvalue weighted by Gasteiger charge is -2.03. The van der Waals surface area contributed by atoms with Gasteiger partial charge < -0.3 is 14.6 Å². The summed E-state index contributed by atoms with van der Waals surface area (Å²) >= 11 is 0. The van der Waals surface area contributed by atoms with Gasteiger partial charge in [-0.3, -0.25) is 4.79 Å². The van der Waals surface area contributed by atoms with Crippen molar-refractivity contribution in [3.05, 3.63) is 53.9 Å². The Bertz CT molecular complexity index is 642. The van der Waals surface area contributed by atoms with Crippen LogP contribution in [0.3, 0.4) is 0 Å². The van der Waals surface area contributed by atoms with Gasteiger partial charge in [-0.25, -0.2) is 4.98 Å². The predicted octanol–water partition coefficient (Wildman–Crippen LogP) is 2.38. The Labute approximate surface area is 130 Å². The van der Waals surface area contributed by atoms with E-state index < -0.39 is 0 Å². The maximum absolute atomic E-state index is 11.6. The summed E-state index contributed by atoms with van der Waals surface area (Å²) in [5.74, 6) is 0.425. The van der Waals surface area contributed by atoms with Gasteiger partial charge in [0.15, 0.2) is 0 Å². The van der Waals surface area contributed by atoms with Crippen LogP contribution < -0.4 is 5.32 Å². The molecule has 0 atom stereocenters. The quantitative estimate of drug-likeness (QED) is 0.832. The number of nitrogens with zero attached hydrogens (tertiary/aromatic N) is 2. The van der Waals surface area contributed by atoms with Crippen LogP contribution in [0.1, 0.15) is 11.3 Å². The van der Waals surface area contributed by atoms with Gasteiger partial charge in [0, 0.05) is 18.2 Å². The molecule has 0 bridgehead atoms. The van der Waals surface area contributed by atoms with Crippen LogP contribution in [0.4, 0.5) is 0 Å². The van der Waals surface area contributed by atoms with Crippen molar-refractivity contribution < 1.29 is 9.21 Å². The second-order valence-electron chi connectivity index (χ2n) is 5.39. The molecule has 0 unspecified atom stereocenters. The lowest BCUT2D eigenvalue weighted by Crippen LogP contribution is -2.21. The lowest BCUT2D eigenvalue weighted by atomic mass is 10.1. The number of amides is 1. The van der Waals surface area contributed by atoms with Crippen molar-refractivity contribution in [2.24, 2.45) is 0 Å². The SMILES string of the molecule is Cc1ccc(-c2nc(CNC(=O)/C=C/CN(C)C)co2)cc1. The van der Waals surface area contributed by atoms with Gasteiger partial charge in [0.1, 0.15) is 6.26 Å². The van der Waals surface area contributed by atoms with E-state index in [-0.39, 0.29) is 5.91 Å². The smallest absolute Gasteiger partial charge is 0.244 e. The van der Waals surface area contributed by atoms with Crippen molar-refractivity contribution in [1.82, 2.24) is 15.2 Å². The fourth-order valence-corrected chi connectivity index (χ4v) is 1.82. The van der Waals surface area contributed by atoms with Crippen molar-refractivity contribution in [2.75, 3.05) is 20.6 Å². The van der Waals surface area contributed by atoms with E-state index in [0.717, 1.165) is 12.1 Å². The van der Waals surface area contributed by atoms with Crippen molar-refractivity contribution >= 4 is 5.91 Å². The molecular formula is C17H21N3O2. The number of hydrogen-bond donors (Lipinski definition) is 1. The third-order valence-electron chi connectivity index (χ3n) is 3.03. The van der Waals surface area contributed by atoms with Crippen LogP contribution in [-0.2, 0) is 11.3 Å². The second-order valence-corrected chi connectivity index (χ2v) is 5.39. The van der Waals surface area contributed by atoms with Crippen LogP contribution in [0.15, 0.2) is 47.1 Å². The molecule has 1 aromatic carbocycles. The lowest BCUT2D eigenvalue weighted by molar-refractivity contribution is -0.116. The molecule has 22 heavy (non-hydrogen) atoms. The molecule has 0 spiro atoms. The third kappa shape index (κ3) is 4.86. The molecule has 0 radical (unpaired) electrons. The van der Waals surface area contributed by atoms with E-state index in [0.29, 0.717) is 18.1 Å². The summed E-state index contributed by atoms with van der Waals surface area (Å²) in [6.07, 6.45) is 4.91. The average molecular weight is 299 g/mol. The van der Waals surface area contributed by atoms with Crippen LogP contribution in [-0.4, -0.2) is 36.4 Å². The number of rotatable bonds is 6. The van der Waals surface area contributed by atoms with Crippen LogP contribution >= 0.6 is 0 Å². The summed E-state index contributed by atoms with van der Waals surface area (Å²) in [4.78, 5) is 18.0. The Morgan fingerprint density at radius 3 is 2.73 bits per heavy atom. The van der Waals surface area contributed by atoms with Gasteiger partial charge in [0.05, 0.1) is 12.2 Å². The van der Waals surface area contributed by atoms with E-state index in [1.165, 1.54) is 11.6 Å². The molecule has 1 amide bonds. The highest BCUT2D eigenvalue weighted by atomic mass is 16.3. The van der Waals surface area contributed by atoms with Crippen LogP contribution in [0.2, 0.25) is 0 Å². The molecule has 1 N–H and O–H groups in total. The third-order valence-corrected chi connectivity index (χ3v) is 3.03. The molecule has 0 saturated heterocycles. The summed E-state index contributed by atoms with van der Waals surface area (Å²) < 4.78 is 5.45. The minimum atomic E-state index is -0.137. The highest BCUT2D eigenvalue weighted by molar-refractivity contribution is 5.87. The maximum atomic E-state index is 11.6. The minimum Gasteiger partial charge on any atom is -0.444 e. The molecule has 1 heterocycles. The van der Waals surface area contributed by atoms with Gasteiger partial charge in [-0.2, -0.15) is 0 Å². The highest BCUT2D eigenvalue weighted by Crippen LogP contribution is 2.18. The molecule has 0 aliphatic carbocycles. The Morgan fingerprint density at radius 1 is 1.32 bits per heavy atom. The second kappa shape index (κ2) is 7.56. The highest BCUT2D eigenvalue weighted by Gasteiger charge is 2.07. The number of likely N-dealkylation sites (N-methyl/N-ethyl adjacent to an activating group) is 1. The summed E-state index contributed by atoms with van der Waals surface area (Å²) in [6.45, 7) is 3.11. The zero-order chi connectivity index (χ0) is 15.9. The molecule has 0 saturated carbocycles. The van der Waals surface area contributed by atoms with Gasteiger partial charge in [0.2, 0.25) is 11.8 Å². The molecule has 2 aromatic rings. The van der Waals surface area contributed by atoms with E-state index in [1.807, 2.05) is 56.3 Å². The van der Waals surface area contributed by atoms with Crippen molar-refractivity contribution in [3.8, 4) is 11.5 Å². The number of oxazole rings is 1. The summed E-state index contributed by atoms with van der Waals surface area (Å²) in [6, 6.07) is 7.95. The van der Waals surface area contributed by atoms with Gasteiger partial charge >= 0.3 is 0 Å². The first-order valence-electron chi connectivity index (χ1n) is 7.15. The number of nitrogens with one attached hydrogen (secondary N) is 1. The topological polar surface area (TPSA) is 58.4 Å². The summed E-state index contributed by atoms with van der Waals surface area (Å²) in [5, 5.41) is 2.78. The van der Waals surface area contributed by atoms with Crippen molar-refractivity contribution in [1.29, 1.82) is 0 Å². The van der Waals surface area contributed by atoms with E-state index in [9.17, 15) is 4.79 Å². The van der Waals surface area contributed by atoms with E-state index in [4.69, 9.17) is 4.42 Å². The normalized spacial score (nSPS) is 11.3. The fourth-order valence-electron chi connectivity index (χ4n) is 1.82.